The molecule has 0 aliphatic heterocycles. The van der Waals surface area contributed by atoms with Gasteiger partial charge in [0.15, 0.2) is 5.76 Å². The molecule has 0 radical (unpaired) electrons. The molecule has 0 amide bonds. The van der Waals surface area contributed by atoms with Crippen molar-refractivity contribution >= 4 is 6.29 Å². The molecule has 0 aromatic rings. The zero-order valence-corrected chi connectivity index (χ0v) is 7.23. The molecule has 3 heteroatoms. The van der Waals surface area contributed by atoms with E-state index in [4.69, 9.17) is 5.11 Å². The predicted molar refractivity (Wildman–Crippen MR) is 47.3 cm³/mol. The van der Waals surface area contributed by atoms with Gasteiger partial charge in [-0.1, -0.05) is 6.08 Å². The number of carbonyl (C=O) groups excluding carboxylic acids is 1. The molecule has 0 aromatic heterocycles. The van der Waals surface area contributed by atoms with Gasteiger partial charge in [0.25, 0.3) is 0 Å². The Morgan fingerprint density at radius 2 is 2.15 bits per heavy atom. The fourth-order valence-corrected chi connectivity index (χ4v) is 1.80. The van der Waals surface area contributed by atoms with Gasteiger partial charge in [0.2, 0.25) is 0 Å². The van der Waals surface area contributed by atoms with Gasteiger partial charge >= 0.3 is 0 Å². The quantitative estimate of drug-likeness (QED) is 0.638. The molecular weight excluding hydrogens is 168 g/mol. The molecule has 0 aromatic carbocycles. The highest BCUT2D eigenvalue weighted by molar-refractivity contribution is 5.65. The first-order valence-electron chi connectivity index (χ1n) is 4.43. The molecule has 2 aliphatic rings. The number of hydrogen-bond acceptors (Lipinski definition) is 3. The van der Waals surface area contributed by atoms with E-state index in [2.05, 4.69) is 0 Å². The van der Waals surface area contributed by atoms with E-state index in [9.17, 15) is 9.90 Å². The Bertz CT molecular complexity index is 297. The monoisotopic (exact) mass is 180 g/mol. The zero-order chi connectivity index (χ0) is 9.47. The highest BCUT2D eigenvalue weighted by Gasteiger charge is 2.49. The van der Waals surface area contributed by atoms with Crippen molar-refractivity contribution in [3.63, 3.8) is 0 Å². The van der Waals surface area contributed by atoms with Crippen molar-refractivity contribution in [2.45, 2.75) is 19.3 Å². The summed E-state index contributed by atoms with van der Waals surface area (Å²) in [4.78, 5) is 10.8. The number of hydrogen-bond donors (Lipinski definition) is 2. The Hall–Kier alpha value is -1.25. The van der Waals surface area contributed by atoms with Crippen LogP contribution in [-0.2, 0) is 4.79 Å². The molecule has 0 heterocycles. The summed E-state index contributed by atoms with van der Waals surface area (Å²) in [6.45, 7) is 0. The first kappa shape index (κ1) is 8.35. The number of aliphatic hydroxyl groups is 2. The Morgan fingerprint density at radius 3 is 2.62 bits per heavy atom. The van der Waals surface area contributed by atoms with Gasteiger partial charge in [-0.3, -0.25) is 0 Å². The van der Waals surface area contributed by atoms with Crippen LogP contribution in [0.2, 0.25) is 0 Å². The summed E-state index contributed by atoms with van der Waals surface area (Å²) in [5.41, 5.74) is -0.245. The van der Waals surface area contributed by atoms with Crippen LogP contribution in [0.15, 0.2) is 23.7 Å². The highest BCUT2D eigenvalue weighted by atomic mass is 16.3. The Balaban J connectivity index is 2.15. The third-order valence-corrected chi connectivity index (χ3v) is 3.00. The van der Waals surface area contributed by atoms with Gasteiger partial charge < -0.3 is 15.0 Å². The van der Waals surface area contributed by atoms with Crippen molar-refractivity contribution in [3.8, 4) is 0 Å². The van der Waals surface area contributed by atoms with Crippen molar-refractivity contribution in [1.82, 2.24) is 0 Å². The minimum absolute atomic E-state index is 0.000579. The molecule has 1 atom stereocenters. The molecule has 0 bridgehead atoms. The second-order valence-electron chi connectivity index (χ2n) is 3.85. The van der Waals surface area contributed by atoms with Crippen LogP contribution >= 0.6 is 0 Å². The van der Waals surface area contributed by atoms with E-state index >= 15 is 0 Å². The number of aliphatic hydroxyl groups excluding tert-OH is 2. The van der Waals surface area contributed by atoms with Crippen LogP contribution in [0.1, 0.15) is 19.3 Å². The lowest BCUT2D eigenvalue weighted by atomic mass is 9.84. The van der Waals surface area contributed by atoms with Crippen molar-refractivity contribution in [2.24, 2.45) is 11.3 Å². The highest BCUT2D eigenvalue weighted by Crippen LogP contribution is 2.53. The standard InChI is InChI=1S/C10H12O3/c11-6-10(3-4-10)7-1-2-8(12)9(13)5-7/h1-2,6-7,12-13H,3-5H2. The second kappa shape index (κ2) is 2.62. The van der Waals surface area contributed by atoms with Crippen LogP contribution in [0, 0.1) is 11.3 Å². The summed E-state index contributed by atoms with van der Waals surface area (Å²) in [6.07, 6.45) is 6.47. The van der Waals surface area contributed by atoms with Crippen molar-refractivity contribution in [1.29, 1.82) is 0 Å². The molecule has 70 valence electrons. The van der Waals surface area contributed by atoms with Crippen molar-refractivity contribution in [2.75, 3.05) is 0 Å². The summed E-state index contributed by atoms with van der Waals surface area (Å²) in [6, 6.07) is 0. The average molecular weight is 180 g/mol. The van der Waals surface area contributed by atoms with E-state index in [1.807, 2.05) is 6.08 Å². The Morgan fingerprint density at radius 1 is 1.46 bits per heavy atom. The molecular formula is C10H12O3. The van der Waals surface area contributed by atoms with Crippen LogP contribution < -0.4 is 0 Å². The SMILES string of the molecule is O=CC1(C2C=CC(O)=C(O)C2)CC1. The van der Waals surface area contributed by atoms with Crippen LogP contribution in [0.25, 0.3) is 0 Å². The van der Waals surface area contributed by atoms with Gasteiger partial charge in [0.05, 0.1) is 0 Å². The molecule has 2 N–H and O–H groups in total. The first-order valence-corrected chi connectivity index (χ1v) is 4.43. The number of carbonyl (C=O) groups is 1. The van der Waals surface area contributed by atoms with Gasteiger partial charge in [-0.25, -0.2) is 0 Å². The summed E-state index contributed by atoms with van der Waals surface area (Å²) in [5.74, 6) is -0.000487. The lowest BCUT2D eigenvalue weighted by Gasteiger charge is -2.21. The van der Waals surface area contributed by atoms with Crippen molar-refractivity contribution < 1.29 is 15.0 Å². The predicted octanol–water partition coefficient (Wildman–Crippen LogP) is 1.87. The number of rotatable bonds is 2. The van der Waals surface area contributed by atoms with Crippen LogP contribution in [-0.4, -0.2) is 16.5 Å². The van der Waals surface area contributed by atoms with Crippen LogP contribution in [0.5, 0.6) is 0 Å². The van der Waals surface area contributed by atoms with E-state index in [0.29, 0.717) is 6.42 Å². The van der Waals surface area contributed by atoms with Crippen molar-refractivity contribution in [3.05, 3.63) is 23.7 Å². The molecule has 1 saturated carbocycles. The average Bonchev–Trinajstić information content (AvgIpc) is 2.90. The third kappa shape index (κ3) is 1.24. The molecule has 3 nitrogen and oxygen atoms in total. The summed E-state index contributed by atoms with van der Waals surface area (Å²) < 4.78 is 0. The smallest absolute Gasteiger partial charge is 0.152 e. The maximum absolute atomic E-state index is 10.8. The largest absolute Gasteiger partial charge is 0.508 e. The summed E-state index contributed by atoms with van der Waals surface area (Å²) >= 11 is 0. The van der Waals surface area contributed by atoms with Gasteiger partial charge in [-0.15, -0.1) is 0 Å². The summed E-state index contributed by atoms with van der Waals surface area (Å²) in [7, 11) is 0. The van der Waals surface area contributed by atoms with Gasteiger partial charge in [-0.2, -0.15) is 0 Å². The first-order chi connectivity index (χ1) is 6.18. The minimum atomic E-state index is -0.245. The Kier molecular flexibility index (Phi) is 1.68. The van der Waals surface area contributed by atoms with Crippen LogP contribution in [0.3, 0.4) is 0 Å². The topological polar surface area (TPSA) is 57.5 Å². The Labute approximate surface area is 76.4 Å². The fourth-order valence-electron chi connectivity index (χ4n) is 1.80. The maximum Gasteiger partial charge on any atom is 0.152 e. The molecule has 0 saturated heterocycles. The lowest BCUT2D eigenvalue weighted by molar-refractivity contribution is -0.113. The molecule has 2 aliphatic carbocycles. The van der Waals surface area contributed by atoms with E-state index in [1.165, 1.54) is 6.08 Å². The maximum atomic E-state index is 10.8. The van der Waals surface area contributed by atoms with E-state index in [-0.39, 0.29) is 22.9 Å². The zero-order valence-electron chi connectivity index (χ0n) is 7.23. The molecule has 13 heavy (non-hydrogen) atoms. The third-order valence-electron chi connectivity index (χ3n) is 3.00. The molecule has 2 rings (SSSR count). The molecule has 1 fully saturated rings. The second-order valence-corrected chi connectivity index (χ2v) is 3.85. The van der Waals surface area contributed by atoms with Gasteiger partial charge in [0, 0.05) is 11.8 Å². The minimum Gasteiger partial charge on any atom is -0.508 e. The van der Waals surface area contributed by atoms with E-state index in [0.717, 1.165) is 19.1 Å². The molecule has 0 spiro atoms. The van der Waals surface area contributed by atoms with Crippen LogP contribution in [0.4, 0.5) is 0 Å². The fraction of sp³-hybridized carbons (Fsp3) is 0.500. The normalized spacial score (nSPS) is 30.3. The summed E-state index contributed by atoms with van der Waals surface area (Å²) in [5, 5.41) is 18.4. The van der Waals surface area contributed by atoms with Gasteiger partial charge in [0.1, 0.15) is 12.0 Å². The lowest BCUT2D eigenvalue weighted by Crippen LogP contribution is -2.18. The van der Waals surface area contributed by atoms with E-state index < -0.39 is 0 Å². The van der Waals surface area contributed by atoms with Gasteiger partial charge in [-0.05, 0) is 24.8 Å². The van der Waals surface area contributed by atoms with E-state index in [1.54, 1.807) is 0 Å². The number of allylic oxidation sites excluding steroid dienone is 3. The number of aldehydes is 1. The molecule has 1 unspecified atom stereocenters.